The van der Waals surface area contributed by atoms with Crippen LogP contribution < -0.4 is 5.32 Å². The fourth-order valence-electron chi connectivity index (χ4n) is 2.69. The fourth-order valence-corrected chi connectivity index (χ4v) is 3.91. The van der Waals surface area contributed by atoms with E-state index in [-0.39, 0.29) is 28.5 Å². The summed E-state index contributed by atoms with van der Waals surface area (Å²) in [7, 11) is 0. The van der Waals surface area contributed by atoms with Gasteiger partial charge in [-0.25, -0.2) is 13.2 Å². The van der Waals surface area contributed by atoms with E-state index in [1.54, 1.807) is 43.3 Å². The van der Waals surface area contributed by atoms with Gasteiger partial charge in [0.2, 0.25) is 5.91 Å². The van der Waals surface area contributed by atoms with E-state index in [1.807, 2.05) is 0 Å². The first-order chi connectivity index (χ1) is 13.4. The molecule has 1 unspecified atom stereocenters. The van der Waals surface area contributed by atoms with Crippen LogP contribution in [0.2, 0.25) is 0 Å². The molecule has 2 nitrogen and oxygen atoms in total. The molecule has 3 aromatic rings. The second-order valence-corrected chi connectivity index (χ2v) is 7.68. The van der Waals surface area contributed by atoms with E-state index in [4.69, 9.17) is 0 Å². The smallest absolute Gasteiger partial charge is 0.237 e. The van der Waals surface area contributed by atoms with E-state index in [0.717, 1.165) is 11.1 Å². The predicted octanol–water partition coefficient (Wildman–Crippen LogP) is 5.95. The monoisotopic (exact) mass is 401 g/mol. The number of anilines is 1. The Kier molecular flexibility index (Phi) is 6.41. The zero-order valence-electron chi connectivity index (χ0n) is 15.0. The van der Waals surface area contributed by atoms with Crippen molar-refractivity contribution < 1.29 is 18.0 Å². The maximum Gasteiger partial charge on any atom is 0.237 e. The van der Waals surface area contributed by atoms with Gasteiger partial charge in [-0.3, -0.25) is 4.79 Å². The van der Waals surface area contributed by atoms with Crippen LogP contribution >= 0.6 is 11.8 Å². The molecule has 0 aromatic heterocycles. The normalized spacial score (nSPS) is 12.0. The molecule has 6 heteroatoms. The summed E-state index contributed by atoms with van der Waals surface area (Å²) in [5, 5.41) is 1.72. The maximum absolute atomic E-state index is 13.8. The quantitative estimate of drug-likeness (QED) is 0.553. The van der Waals surface area contributed by atoms with Crippen LogP contribution in [0.1, 0.15) is 23.3 Å². The second-order valence-electron chi connectivity index (χ2n) is 6.23. The molecule has 0 aliphatic heterocycles. The molecule has 1 atom stereocenters. The number of carbonyl (C=O) groups is 1. The van der Waals surface area contributed by atoms with Gasteiger partial charge in [0.15, 0.2) is 0 Å². The highest BCUT2D eigenvalue weighted by atomic mass is 32.2. The lowest BCUT2D eigenvalue weighted by Crippen LogP contribution is -2.24. The van der Waals surface area contributed by atoms with Gasteiger partial charge in [0.05, 0.1) is 16.2 Å². The molecule has 1 N–H and O–H groups in total. The Morgan fingerprint density at radius 2 is 1.32 bits per heavy atom. The van der Waals surface area contributed by atoms with Crippen molar-refractivity contribution in [3.8, 4) is 0 Å². The van der Waals surface area contributed by atoms with Crippen LogP contribution in [0.3, 0.4) is 0 Å². The van der Waals surface area contributed by atoms with Gasteiger partial charge >= 0.3 is 0 Å². The molecule has 0 fully saturated rings. The summed E-state index contributed by atoms with van der Waals surface area (Å²) in [6.45, 7) is 1.71. The Labute approximate surface area is 165 Å². The molecule has 0 bridgehead atoms. The van der Waals surface area contributed by atoms with E-state index in [0.29, 0.717) is 0 Å². The molecule has 0 radical (unpaired) electrons. The van der Waals surface area contributed by atoms with Crippen molar-refractivity contribution in [3.05, 3.63) is 101 Å². The zero-order valence-corrected chi connectivity index (χ0v) is 15.8. The van der Waals surface area contributed by atoms with Crippen molar-refractivity contribution >= 4 is 23.4 Å². The Morgan fingerprint density at radius 3 is 1.82 bits per heavy atom. The average molecular weight is 401 g/mol. The maximum atomic E-state index is 13.8. The summed E-state index contributed by atoms with van der Waals surface area (Å²) in [6, 6.07) is 17.9. The highest BCUT2D eigenvalue weighted by Crippen LogP contribution is 2.38. The van der Waals surface area contributed by atoms with Crippen LogP contribution in [0.4, 0.5) is 18.9 Å². The van der Waals surface area contributed by atoms with E-state index < -0.39 is 11.1 Å². The molecule has 0 aliphatic rings. The summed E-state index contributed by atoms with van der Waals surface area (Å²) in [5.41, 5.74) is 1.67. The number of rotatable bonds is 6. The van der Waals surface area contributed by atoms with Crippen molar-refractivity contribution in [2.24, 2.45) is 0 Å². The number of amides is 1. The minimum Gasteiger partial charge on any atom is -0.323 e. The van der Waals surface area contributed by atoms with Gasteiger partial charge in [0.25, 0.3) is 0 Å². The lowest BCUT2D eigenvalue weighted by atomic mass is 10.0. The molecule has 0 aliphatic carbocycles. The minimum absolute atomic E-state index is 0.111. The van der Waals surface area contributed by atoms with E-state index in [1.165, 1.54) is 48.2 Å². The molecule has 0 heterocycles. The Bertz CT molecular complexity index is 899. The summed E-state index contributed by atoms with van der Waals surface area (Å²) in [5.74, 6) is -1.60. The number of carbonyl (C=O) groups excluding carboxylic acids is 1. The number of thioether (sulfide) groups is 1. The number of halogens is 3. The first kappa shape index (κ1) is 20.0. The first-order valence-corrected chi connectivity index (χ1v) is 9.60. The topological polar surface area (TPSA) is 29.1 Å². The number of para-hydroxylation sites is 1. The fraction of sp³-hybridized carbons (Fsp3) is 0.136. The van der Waals surface area contributed by atoms with Gasteiger partial charge in [-0.1, -0.05) is 36.4 Å². The van der Waals surface area contributed by atoms with Crippen LogP contribution in [-0.2, 0) is 4.79 Å². The number of benzene rings is 3. The number of hydrogen-bond acceptors (Lipinski definition) is 2. The molecular weight excluding hydrogens is 383 g/mol. The first-order valence-electron chi connectivity index (χ1n) is 8.66. The van der Waals surface area contributed by atoms with Gasteiger partial charge in [0, 0.05) is 0 Å². The molecule has 1 amide bonds. The number of hydrogen-bond donors (Lipinski definition) is 1. The van der Waals surface area contributed by atoms with Crippen molar-refractivity contribution in [3.63, 3.8) is 0 Å². The van der Waals surface area contributed by atoms with Crippen LogP contribution in [0.25, 0.3) is 0 Å². The minimum atomic E-state index is -0.542. The number of nitrogens with one attached hydrogen (secondary N) is 1. The Balaban J connectivity index is 1.82. The second kappa shape index (κ2) is 8.97. The van der Waals surface area contributed by atoms with Gasteiger partial charge < -0.3 is 5.32 Å². The van der Waals surface area contributed by atoms with Crippen LogP contribution in [0.5, 0.6) is 0 Å². The highest BCUT2D eigenvalue weighted by molar-refractivity contribution is 8.01. The Hall–Kier alpha value is -2.73. The predicted molar refractivity (Wildman–Crippen MR) is 107 cm³/mol. The van der Waals surface area contributed by atoms with Crippen molar-refractivity contribution in [2.45, 2.75) is 17.4 Å². The Morgan fingerprint density at radius 1 is 0.821 bits per heavy atom. The van der Waals surface area contributed by atoms with E-state index >= 15 is 0 Å². The van der Waals surface area contributed by atoms with E-state index in [9.17, 15) is 18.0 Å². The van der Waals surface area contributed by atoms with Crippen molar-refractivity contribution in [1.82, 2.24) is 0 Å². The van der Waals surface area contributed by atoms with Crippen molar-refractivity contribution in [2.75, 3.05) is 5.32 Å². The highest BCUT2D eigenvalue weighted by Gasteiger charge is 2.23. The third-order valence-corrected chi connectivity index (χ3v) is 5.63. The van der Waals surface area contributed by atoms with Gasteiger partial charge in [-0.15, -0.1) is 11.8 Å². The van der Waals surface area contributed by atoms with Gasteiger partial charge in [-0.05, 0) is 54.4 Å². The van der Waals surface area contributed by atoms with Crippen molar-refractivity contribution in [1.29, 1.82) is 0 Å². The summed E-state index contributed by atoms with van der Waals surface area (Å²) < 4.78 is 40.4. The van der Waals surface area contributed by atoms with Crippen LogP contribution in [0.15, 0.2) is 72.8 Å². The van der Waals surface area contributed by atoms with Crippen LogP contribution in [-0.4, -0.2) is 11.2 Å². The zero-order chi connectivity index (χ0) is 20.1. The molecule has 3 rings (SSSR count). The molecular formula is C22H18F3NOS. The molecule has 144 valence electrons. The van der Waals surface area contributed by atoms with Crippen LogP contribution in [0, 0.1) is 17.5 Å². The largest absolute Gasteiger partial charge is 0.323 e. The lowest BCUT2D eigenvalue weighted by Gasteiger charge is -2.22. The van der Waals surface area contributed by atoms with Gasteiger partial charge in [0.1, 0.15) is 17.5 Å². The molecule has 28 heavy (non-hydrogen) atoms. The summed E-state index contributed by atoms with van der Waals surface area (Å²) >= 11 is 1.32. The summed E-state index contributed by atoms with van der Waals surface area (Å²) in [6.07, 6.45) is 0. The third-order valence-electron chi connectivity index (χ3n) is 4.19. The lowest BCUT2D eigenvalue weighted by molar-refractivity contribution is -0.115. The molecule has 0 saturated heterocycles. The standard InChI is InChI=1S/C22H18F3NOS/c1-14(22(27)26-20-5-3-2-4-19(20)25)28-21(15-6-10-17(23)11-7-15)16-8-12-18(24)13-9-16/h2-14,21H,1H3,(H,26,27). The van der Waals surface area contributed by atoms with Gasteiger partial charge in [-0.2, -0.15) is 0 Å². The summed E-state index contributed by atoms with van der Waals surface area (Å²) in [4.78, 5) is 12.6. The molecule has 0 saturated carbocycles. The third kappa shape index (κ3) is 4.95. The molecule has 0 spiro atoms. The molecule has 3 aromatic carbocycles. The SMILES string of the molecule is CC(SC(c1ccc(F)cc1)c1ccc(F)cc1)C(=O)Nc1ccccc1F. The van der Waals surface area contributed by atoms with E-state index in [2.05, 4.69) is 5.32 Å². The average Bonchev–Trinajstić information content (AvgIpc) is 2.69.